The van der Waals surface area contributed by atoms with Crippen LogP contribution < -0.4 is 4.90 Å². The van der Waals surface area contributed by atoms with Crippen LogP contribution in [0.4, 0.5) is 5.69 Å². The highest BCUT2D eigenvalue weighted by molar-refractivity contribution is 9.10. The number of hydrogen-bond donors (Lipinski definition) is 1. The summed E-state index contributed by atoms with van der Waals surface area (Å²) in [5.41, 5.74) is 0.771. The van der Waals surface area contributed by atoms with Crippen LogP contribution in [0.2, 0.25) is 0 Å². The first-order valence-corrected chi connectivity index (χ1v) is 5.41. The van der Waals surface area contributed by atoms with Gasteiger partial charge in [-0.1, -0.05) is 0 Å². The molecule has 0 aliphatic heterocycles. The Morgan fingerprint density at radius 2 is 1.94 bits per heavy atom. The number of hydrogen-bond acceptors (Lipinski definition) is 4. The van der Waals surface area contributed by atoms with Crippen LogP contribution in [0.3, 0.4) is 0 Å². The third-order valence-corrected chi connectivity index (χ3v) is 2.73. The lowest BCUT2D eigenvalue weighted by Crippen LogP contribution is -2.23. The summed E-state index contributed by atoms with van der Waals surface area (Å²) >= 11 is 3.14. The normalized spacial score (nSPS) is 9.12. The van der Waals surface area contributed by atoms with E-state index in [9.17, 15) is 4.79 Å². The molecule has 0 aromatic heterocycles. The first-order valence-electron chi connectivity index (χ1n) is 4.62. The monoisotopic (exact) mass is 293 g/mol. The molecule has 0 atom stereocenters. The van der Waals surface area contributed by atoms with Crippen molar-refractivity contribution in [1.29, 1.82) is 10.5 Å². The molecule has 0 spiro atoms. The summed E-state index contributed by atoms with van der Waals surface area (Å²) in [6.45, 7) is 0.152. The number of nitriles is 2. The van der Waals surface area contributed by atoms with Crippen LogP contribution >= 0.6 is 15.9 Å². The van der Waals surface area contributed by atoms with Gasteiger partial charge in [-0.2, -0.15) is 10.5 Å². The molecule has 1 rings (SSSR count). The Balaban J connectivity index is 3.07. The van der Waals surface area contributed by atoms with Gasteiger partial charge in [-0.05, 0) is 34.1 Å². The molecule has 0 bridgehead atoms. The standard InChI is InChI=1S/C11H8BrN3O2/c12-10-7-8(1-2-9(10)11(16)17)15(5-3-13)6-4-14/h1-2,7H,5-6H2,(H,16,17). The van der Waals surface area contributed by atoms with Gasteiger partial charge in [-0.15, -0.1) is 0 Å². The Bertz CT molecular complexity index is 500. The zero-order valence-electron chi connectivity index (χ0n) is 8.72. The average Bonchev–Trinajstić information content (AvgIpc) is 2.28. The minimum absolute atomic E-state index is 0.0758. The van der Waals surface area contributed by atoms with E-state index in [-0.39, 0.29) is 18.7 Å². The molecule has 0 amide bonds. The molecule has 0 aliphatic rings. The molecule has 0 unspecified atom stereocenters. The van der Waals surface area contributed by atoms with Crippen molar-refractivity contribution in [3.63, 3.8) is 0 Å². The number of carboxylic acid groups (broad SMARTS) is 1. The van der Waals surface area contributed by atoms with Crippen molar-refractivity contribution < 1.29 is 9.90 Å². The molecule has 0 radical (unpaired) electrons. The van der Waals surface area contributed by atoms with E-state index in [1.165, 1.54) is 6.07 Å². The second-order valence-electron chi connectivity index (χ2n) is 3.14. The third kappa shape index (κ3) is 3.20. The lowest BCUT2D eigenvalue weighted by atomic mass is 10.2. The van der Waals surface area contributed by atoms with Gasteiger partial charge in [0.1, 0.15) is 13.1 Å². The van der Waals surface area contributed by atoms with E-state index in [2.05, 4.69) is 15.9 Å². The summed E-state index contributed by atoms with van der Waals surface area (Å²) in [7, 11) is 0. The number of nitrogens with zero attached hydrogens (tertiary/aromatic N) is 3. The van der Waals surface area contributed by atoms with Crippen LogP contribution in [0.25, 0.3) is 0 Å². The molecule has 1 aromatic carbocycles. The maximum atomic E-state index is 10.8. The second-order valence-corrected chi connectivity index (χ2v) is 4.00. The van der Waals surface area contributed by atoms with E-state index in [0.717, 1.165) is 0 Å². The van der Waals surface area contributed by atoms with Gasteiger partial charge in [0.2, 0.25) is 0 Å². The van der Waals surface area contributed by atoms with E-state index < -0.39 is 5.97 Å². The van der Waals surface area contributed by atoms with Gasteiger partial charge >= 0.3 is 5.97 Å². The first-order chi connectivity index (χ1) is 8.10. The van der Waals surface area contributed by atoms with Gasteiger partial charge < -0.3 is 10.0 Å². The zero-order chi connectivity index (χ0) is 12.8. The fourth-order valence-corrected chi connectivity index (χ4v) is 1.82. The second kappa shape index (κ2) is 5.88. The quantitative estimate of drug-likeness (QED) is 0.858. The average molecular weight is 294 g/mol. The summed E-state index contributed by atoms with van der Waals surface area (Å²) in [6, 6.07) is 8.49. The molecule has 0 saturated carbocycles. The third-order valence-electron chi connectivity index (χ3n) is 2.07. The Kier molecular flexibility index (Phi) is 4.50. The lowest BCUT2D eigenvalue weighted by Gasteiger charge is -2.18. The van der Waals surface area contributed by atoms with Gasteiger partial charge in [-0.25, -0.2) is 4.79 Å². The van der Waals surface area contributed by atoms with Crippen LogP contribution in [0.15, 0.2) is 22.7 Å². The number of halogens is 1. The SMILES string of the molecule is N#CCN(CC#N)c1ccc(C(=O)O)c(Br)c1. The van der Waals surface area contributed by atoms with Crippen LogP contribution in [0.1, 0.15) is 10.4 Å². The van der Waals surface area contributed by atoms with Gasteiger partial charge in [0.15, 0.2) is 0 Å². The Labute approximate surface area is 107 Å². The summed E-state index contributed by atoms with van der Waals surface area (Å²) in [5.74, 6) is -1.03. The first kappa shape index (κ1) is 13.0. The van der Waals surface area contributed by atoms with Crippen molar-refractivity contribution in [2.75, 3.05) is 18.0 Å². The van der Waals surface area contributed by atoms with Crippen molar-refractivity contribution in [3.8, 4) is 12.1 Å². The molecule has 0 saturated heterocycles. The molecular formula is C11H8BrN3O2. The van der Waals surface area contributed by atoms with E-state index in [1.807, 2.05) is 12.1 Å². The molecule has 1 N–H and O–H groups in total. The molecule has 17 heavy (non-hydrogen) atoms. The predicted octanol–water partition coefficient (Wildman–Crippen LogP) is 2.00. The lowest BCUT2D eigenvalue weighted by molar-refractivity contribution is 0.0696. The molecule has 5 nitrogen and oxygen atoms in total. The van der Waals surface area contributed by atoms with Gasteiger partial charge in [0, 0.05) is 10.2 Å². The maximum absolute atomic E-state index is 10.8. The molecule has 86 valence electrons. The van der Waals surface area contributed by atoms with Crippen molar-refractivity contribution in [2.45, 2.75) is 0 Å². The van der Waals surface area contributed by atoms with Gasteiger partial charge in [0.25, 0.3) is 0 Å². The minimum Gasteiger partial charge on any atom is -0.478 e. The van der Waals surface area contributed by atoms with Crippen LogP contribution in [-0.2, 0) is 0 Å². The van der Waals surface area contributed by atoms with E-state index in [1.54, 1.807) is 17.0 Å². The number of carboxylic acids is 1. The number of carbonyl (C=O) groups is 1. The number of rotatable bonds is 4. The highest BCUT2D eigenvalue weighted by Crippen LogP contribution is 2.24. The van der Waals surface area contributed by atoms with Crippen LogP contribution in [-0.4, -0.2) is 24.2 Å². The van der Waals surface area contributed by atoms with Crippen molar-refractivity contribution in [3.05, 3.63) is 28.2 Å². The topological polar surface area (TPSA) is 88.1 Å². The number of aromatic carboxylic acids is 1. The summed E-state index contributed by atoms with van der Waals surface area (Å²) < 4.78 is 0.420. The fraction of sp³-hybridized carbons (Fsp3) is 0.182. The highest BCUT2D eigenvalue weighted by Gasteiger charge is 2.11. The highest BCUT2D eigenvalue weighted by atomic mass is 79.9. The Hall–Kier alpha value is -2.05. The minimum atomic E-state index is -1.03. The van der Waals surface area contributed by atoms with Gasteiger partial charge in [-0.3, -0.25) is 0 Å². The molecule has 6 heteroatoms. The molecular weight excluding hydrogens is 286 g/mol. The summed E-state index contributed by atoms with van der Waals surface area (Å²) in [5, 5.41) is 26.1. The largest absolute Gasteiger partial charge is 0.478 e. The molecule has 0 fully saturated rings. The van der Waals surface area contributed by atoms with Crippen molar-refractivity contribution >= 4 is 27.6 Å². The van der Waals surface area contributed by atoms with Gasteiger partial charge in [0.05, 0.1) is 17.7 Å². The summed E-state index contributed by atoms with van der Waals surface area (Å²) in [4.78, 5) is 12.4. The molecule has 0 aliphatic carbocycles. The van der Waals surface area contributed by atoms with Crippen LogP contribution in [0, 0.1) is 22.7 Å². The van der Waals surface area contributed by atoms with E-state index in [4.69, 9.17) is 15.6 Å². The zero-order valence-corrected chi connectivity index (χ0v) is 10.3. The number of anilines is 1. The Morgan fingerprint density at radius 1 is 1.35 bits per heavy atom. The van der Waals surface area contributed by atoms with E-state index in [0.29, 0.717) is 10.2 Å². The van der Waals surface area contributed by atoms with E-state index >= 15 is 0 Å². The fourth-order valence-electron chi connectivity index (χ4n) is 1.28. The molecule has 0 heterocycles. The Morgan fingerprint density at radius 3 is 2.35 bits per heavy atom. The predicted molar refractivity (Wildman–Crippen MR) is 64.5 cm³/mol. The smallest absolute Gasteiger partial charge is 0.336 e. The molecule has 1 aromatic rings. The van der Waals surface area contributed by atoms with Crippen LogP contribution in [0.5, 0.6) is 0 Å². The van der Waals surface area contributed by atoms with Crippen molar-refractivity contribution in [2.24, 2.45) is 0 Å². The maximum Gasteiger partial charge on any atom is 0.336 e. The summed E-state index contributed by atoms with van der Waals surface area (Å²) in [6.07, 6.45) is 0. The number of benzene rings is 1. The van der Waals surface area contributed by atoms with Crippen molar-refractivity contribution in [1.82, 2.24) is 0 Å².